The van der Waals surface area contributed by atoms with Crippen LogP contribution in [0.15, 0.2) is 36.9 Å². The standard InChI is InChI=1S/C25H35ClN7O4P/c1-16(2)37-23(34)24(4,5)31-38(35,32-25(10-11-25)18-6-8-19(26)9-7-18)15-36-17(3)12-33-14-30-20-21(27)28-13-29-22(20)33/h6-9,13-14,16-17H,10-12,15H2,1-5H3,(H2,27,28,29)(H2,31,32,35)/t17-,38+/m1/s1. The Labute approximate surface area is 227 Å². The van der Waals surface area contributed by atoms with Gasteiger partial charge in [-0.2, -0.15) is 0 Å². The van der Waals surface area contributed by atoms with Crippen LogP contribution in [-0.2, 0) is 30.9 Å². The quantitative estimate of drug-likeness (QED) is 0.216. The molecule has 0 unspecified atom stereocenters. The number of carbonyl (C=O) groups is 1. The fourth-order valence-corrected chi connectivity index (χ4v) is 7.06. The average molecular weight is 564 g/mol. The van der Waals surface area contributed by atoms with E-state index in [0.717, 1.165) is 18.4 Å². The lowest BCUT2D eigenvalue weighted by Gasteiger charge is -2.34. The molecule has 38 heavy (non-hydrogen) atoms. The van der Waals surface area contributed by atoms with Crippen molar-refractivity contribution in [3.8, 4) is 0 Å². The van der Waals surface area contributed by atoms with Crippen molar-refractivity contribution < 1.29 is 18.8 Å². The normalized spacial score (nSPS) is 17.3. The van der Waals surface area contributed by atoms with Crippen molar-refractivity contribution in [2.45, 2.75) is 77.3 Å². The lowest BCUT2D eigenvalue weighted by Crippen LogP contribution is -2.50. The van der Waals surface area contributed by atoms with E-state index in [1.165, 1.54) is 6.33 Å². The molecular weight excluding hydrogens is 529 g/mol. The van der Waals surface area contributed by atoms with Crippen molar-refractivity contribution in [3.63, 3.8) is 0 Å². The minimum absolute atomic E-state index is 0.161. The molecule has 1 fully saturated rings. The van der Waals surface area contributed by atoms with Gasteiger partial charge in [-0.3, -0.25) is 9.36 Å². The molecule has 2 atom stereocenters. The summed E-state index contributed by atoms with van der Waals surface area (Å²) in [4.78, 5) is 25.3. The van der Waals surface area contributed by atoms with Gasteiger partial charge in [-0.1, -0.05) is 23.7 Å². The first-order valence-electron chi connectivity index (χ1n) is 12.5. The molecule has 1 saturated carbocycles. The monoisotopic (exact) mass is 563 g/mol. The molecule has 206 valence electrons. The number of anilines is 1. The van der Waals surface area contributed by atoms with Crippen molar-refractivity contribution >= 4 is 42.0 Å². The fourth-order valence-electron chi connectivity index (χ4n) is 4.25. The predicted octanol–water partition coefficient (Wildman–Crippen LogP) is 4.22. The molecule has 0 aliphatic heterocycles. The number of nitrogens with two attached hydrogens (primary N) is 1. The second kappa shape index (κ2) is 10.9. The highest BCUT2D eigenvalue weighted by atomic mass is 35.5. The lowest BCUT2D eigenvalue weighted by molar-refractivity contribution is -0.153. The van der Waals surface area contributed by atoms with Gasteiger partial charge < -0.3 is 19.8 Å². The van der Waals surface area contributed by atoms with Gasteiger partial charge in [0.15, 0.2) is 11.5 Å². The third kappa shape index (κ3) is 6.52. The molecule has 0 spiro atoms. The molecule has 4 N–H and O–H groups in total. The van der Waals surface area contributed by atoms with E-state index in [-0.39, 0.29) is 18.6 Å². The van der Waals surface area contributed by atoms with Gasteiger partial charge in [-0.05, 0) is 65.2 Å². The Bertz CT molecular complexity index is 1340. The van der Waals surface area contributed by atoms with Crippen LogP contribution in [0.1, 0.15) is 53.0 Å². The van der Waals surface area contributed by atoms with Gasteiger partial charge in [0, 0.05) is 5.02 Å². The zero-order valence-corrected chi connectivity index (χ0v) is 23.9. The number of hydrogen-bond donors (Lipinski definition) is 3. The van der Waals surface area contributed by atoms with Crippen molar-refractivity contribution in [2.24, 2.45) is 0 Å². The summed E-state index contributed by atoms with van der Waals surface area (Å²) in [5.41, 5.74) is 6.23. The topological polar surface area (TPSA) is 146 Å². The Morgan fingerprint density at radius 2 is 1.89 bits per heavy atom. The second-order valence-electron chi connectivity index (χ2n) is 10.6. The van der Waals surface area contributed by atoms with Crippen molar-refractivity contribution in [2.75, 3.05) is 12.1 Å². The summed E-state index contributed by atoms with van der Waals surface area (Å²) in [7, 11) is -3.50. The number of rotatable bonds is 12. The number of carbonyl (C=O) groups excluding carboxylic acids is 1. The molecule has 2 aromatic heterocycles. The third-order valence-corrected chi connectivity index (χ3v) is 8.75. The maximum absolute atomic E-state index is 14.4. The highest BCUT2D eigenvalue weighted by Gasteiger charge is 2.50. The van der Waals surface area contributed by atoms with Crippen molar-refractivity contribution in [1.82, 2.24) is 29.7 Å². The number of ether oxygens (including phenoxy) is 2. The predicted molar refractivity (Wildman–Crippen MR) is 147 cm³/mol. The van der Waals surface area contributed by atoms with E-state index in [1.54, 1.807) is 34.0 Å². The van der Waals surface area contributed by atoms with Crippen molar-refractivity contribution in [3.05, 3.63) is 47.5 Å². The van der Waals surface area contributed by atoms with E-state index >= 15 is 0 Å². The number of esters is 1. The summed E-state index contributed by atoms with van der Waals surface area (Å²) in [6, 6.07) is 7.47. The maximum atomic E-state index is 14.4. The number of benzene rings is 1. The van der Waals surface area contributed by atoms with Gasteiger partial charge in [0.05, 0.1) is 30.6 Å². The van der Waals surface area contributed by atoms with Gasteiger partial charge in [0.1, 0.15) is 23.7 Å². The molecule has 2 heterocycles. The minimum Gasteiger partial charge on any atom is -0.462 e. The molecule has 0 bridgehead atoms. The van der Waals surface area contributed by atoms with Crippen LogP contribution in [0, 0.1) is 0 Å². The first-order chi connectivity index (χ1) is 17.8. The smallest absolute Gasteiger partial charge is 0.326 e. The first kappa shape index (κ1) is 28.4. The van der Waals surface area contributed by atoms with Crippen LogP contribution in [0.3, 0.4) is 0 Å². The highest BCUT2D eigenvalue weighted by Crippen LogP contribution is 2.54. The number of nitrogen functional groups attached to an aromatic ring is 1. The number of nitrogens with one attached hydrogen (secondary N) is 2. The molecule has 3 aromatic rings. The highest BCUT2D eigenvalue weighted by molar-refractivity contribution is 7.59. The van der Waals surface area contributed by atoms with Crippen LogP contribution in [0.4, 0.5) is 5.82 Å². The minimum atomic E-state index is -3.50. The van der Waals surface area contributed by atoms with Gasteiger partial charge in [-0.25, -0.2) is 25.1 Å². The summed E-state index contributed by atoms with van der Waals surface area (Å²) < 4.78 is 27.8. The van der Waals surface area contributed by atoms with Gasteiger partial charge in [-0.15, -0.1) is 0 Å². The number of hydrogen-bond acceptors (Lipinski definition) is 8. The van der Waals surface area contributed by atoms with Crippen LogP contribution < -0.4 is 15.9 Å². The van der Waals surface area contributed by atoms with E-state index in [0.29, 0.717) is 28.5 Å². The van der Waals surface area contributed by atoms with Gasteiger partial charge >= 0.3 is 5.97 Å². The third-order valence-electron chi connectivity index (χ3n) is 6.28. The number of halogens is 1. The number of fused-ring (bicyclic) bond motifs is 1. The lowest BCUT2D eigenvalue weighted by atomic mass is 10.1. The molecule has 13 heteroatoms. The van der Waals surface area contributed by atoms with E-state index < -0.39 is 24.5 Å². The summed E-state index contributed by atoms with van der Waals surface area (Å²) in [5, 5.41) is 7.04. The van der Waals surface area contributed by atoms with E-state index in [2.05, 4.69) is 25.1 Å². The maximum Gasteiger partial charge on any atom is 0.326 e. The molecule has 1 aliphatic carbocycles. The van der Waals surface area contributed by atoms with Crippen molar-refractivity contribution in [1.29, 1.82) is 0 Å². The van der Waals surface area contributed by atoms with Crippen LogP contribution in [0.2, 0.25) is 5.02 Å². The molecule has 1 aliphatic rings. The summed E-state index contributed by atoms with van der Waals surface area (Å²) in [6.07, 6.45) is 3.75. The Hall–Kier alpha value is -2.56. The molecule has 0 amide bonds. The van der Waals surface area contributed by atoms with Crippen LogP contribution in [-0.4, -0.2) is 49.6 Å². The molecule has 1 aromatic carbocycles. The molecular formula is C25H35ClN7O4P. The van der Waals surface area contributed by atoms with Gasteiger partial charge in [0.2, 0.25) is 7.44 Å². The second-order valence-corrected chi connectivity index (χ2v) is 13.2. The number of aromatic nitrogens is 4. The molecule has 11 nitrogen and oxygen atoms in total. The van der Waals surface area contributed by atoms with Crippen LogP contribution in [0.5, 0.6) is 0 Å². The number of nitrogens with zero attached hydrogens (tertiary/aromatic N) is 4. The van der Waals surface area contributed by atoms with E-state index in [9.17, 15) is 9.36 Å². The zero-order valence-electron chi connectivity index (χ0n) is 22.3. The zero-order chi connectivity index (χ0) is 27.7. The van der Waals surface area contributed by atoms with E-state index in [4.69, 9.17) is 26.8 Å². The average Bonchev–Trinajstić information content (AvgIpc) is 3.49. The van der Waals surface area contributed by atoms with Gasteiger partial charge in [0.25, 0.3) is 0 Å². The summed E-state index contributed by atoms with van der Waals surface area (Å²) >= 11 is 6.09. The molecule has 4 rings (SSSR count). The summed E-state index contributed by atoms with van der Waals surface area (Å²) in [6.45, 7) is 9.11. The molecule has 0 saturated heterocycles. The van der Waals surface area contributed by atoms with Crippen LogP contribution >= 0.6 is 19.0 Å². The Morgan fingerprint density at radius 1 is 1.21 bits per heavy atom. The number of imidazole rings is 1. The molecule has 0 radical (unpaired) electrons. The van der Waals surface area contributed by atoms with Crippen LogP contribution in [0.25, 0.3) is 11.2 Å². The Morgan fingerprint density at radius 3 is 2.53 bits per heavy atom. The Kier molecular flexibility index (Phi) is 8.16. The SMILES string of the molecule is CC(C)OC(=O)C(C)(C)N[P@@](=O)(CO[C@H](C)Cn1cnc2c(N)ncnc21)NC1(c2ccc(Cl)cc2)CC1. The first-order valence-corrected chi connectivity index (χ1v) is 14.8. The Balaban J connectivity index is 1.53. The summed E-state index contributed by atoms with van der Waals surface area (Å²) in [5.74, 6) is -0.200. The fraction of sp³-hybridized carbons (Fsp3) is 0.520. The largest absolute Gasteiger partial charge is 0.462 e. The van der Waals surface area contributed by atoms with E-state index in [1.807, 2.05) is 35.8 Å².